The average Bonchev–Trinajstić information content (AvgIpc) is 3.08. The summed E-state index contributed by atoms with van der Waals surface area (Å²) >= 11 is 0. The number of rotatable bonds is 4. The Balaban J connectivity index is 2.08. The predicted octanol–water partition coefficient (Wildman–Crippen LogP) is 2.54. The Bertz CT molecular complexity index is 739. The minimum absolute atomic E-state index is 0.145. The molecule has 162 valence electrons. The second kappa shape index (κ2) is 7.42. The summed E-state index contributed by atoms with van der Waals surface area (Å²) < 4.78 is 17.1. The summed E-state index contributed by atoms with van der Waals surface area (Å²) in [5.74, 6) is -3.04. The number of allylic oxidation sites excluding steroid dienone is 1. The first-order valence-electron chi connectivity index (χ1n) is 10.4. The smallest absolute Gasteiger partial charge is 0.351 e. The van der Waals surface area contributed by atoms with E-state index in [1.165, 1.54) is 13.8 Å². The third-order valence-electron chi connectivity index (χ3n) is 7.10. The molecule has 1 N–H and O–H groups in total. The molecule has 1 heterocycles. The molecular formula is C22H32O7. The van der Waals surface area contributed by atoms with Crippen LogP contribution in [-0.4, -0.2) is 46.4 Å². The third kappa shape index (κ3) is 3.58. The van der Waals surface area contributed by atoms with Crippen molar-refractivity contribution in [2.24, 2.45) is 23.7 Å². The van der Waals surface area contributed by atoms with Crippen molar-refractivity contribution in [3.05, 3.63) is 11.6 Å². The van der Waals surface area contributed by atoms with Crippen molar-refractivity contribution in [3.63, 3.8) is 0 Å². The highest BCUT2D eigenvalue weighted by molar-refractivity contribution is 5.85. The quantitative estimate of drug-likeness (QED) is 0.433. The van der Waals surface area contributed by atoms with E-state index in [1.54, 1.807) is 13.8 Å². The van der Waals surface area contributed by atoms with E-state index in [4.69, 9.17) is 14.2 Å². The molecule has 0 amide bonds. The second-order valence-corrected chi connectivity index (χ2v) is 9.26. The number of hydrogen-bond donors (Lipinski definition) is 1. The lowest BCUT2D eigenvalue weighted by Crippen LogP contribution is -2.51. The number of esters is 3. The molecular weight excluding hydrogens is 376 g/mol. The topological polar surface area (TPSA) is 99.1 Å². The van der Waals surface area contributed by atoms with Gasteiger partial charge in [0.15, 0.2) is 0 Å². The largest absolute Gasteiger partial charge is 0.461 e. The molecule has 1 saturated carbocycles. The van der Waals surface area contributed by atoms with Crippen molar-refractivity contribution in [1.29, 1.82) is 0 Å². The van der Waals surface area contributed by atoms with E-state index in [-0.39, 0.29) is 24.2 Å². The second-order valence-electron chi connectivity index (χ2n) is 9.26. The summed E-state index contributed by atoms with van der Waals surface area (Å²) in [6, 6.07) is 0. The maximum Gasteiger partial charge on any atom is 0.351 e. The van der Waals surface area contributed by atoms with Gasteiger partial charge in [-0.3, -0.25) is 9.59 Å². The summed E-state index contributed by atoms with van der Waals surface area (Å²) in [5, 5.41) is 11.3. The number of fused-ring (bicyclic) bond motifs is 3. The maximum atomic E-state index is 12.9. The first-order valence-corrected chi connectivity index (χ1v) is 10.4. The molecule has 1 saturated heterocycles. The van der Waals surface area contributed by atoms with Gasteiger partial charge < -0.3 is 19.3 Å². The van der Waals surface area contributed by atoms with Crippen molar-refractivity contribution in [2.75, 3.05) is 0 Å². The Kier molecular flexibility index (Phi) is 5.58. The van der Waals surface area contributed by atoms with E-state index in [1.807, 2.05) is 13.8 Å². The van der Waals surface area contributed by atoms with Crippen LogP contribution in [-0.2, 0) is 28.6 Å². The molecule has 2 fully saturated rings. The molecule has 3 aliphatic rings. The van der Waals surface area contributed by atoms with Crippen LogP contribution in [0.4, 0.5) is 0 Å². The van der Waals surface area contributed by atoms with E-state index in [0.717, 1.165) is 5.57 Å². The summed E-state index contributed by atoms with van der Waals surface area (Å²) in [6.45, 7) is 10.1. The van der Waals surface area contributed by atoms with Crippen LogP contribution >= 0.6 is 0 Å². The Hall–Kier alpha value is -1.89. The lowest BCUT2D eigenvalue weighted by Gasteiger charge is -2.35. The van der Waals surface area contributed by atoms with Crippen LogP contribution in [0.15, 0.2) is 11.6 Å². The van der Waals surface area contributed by atoms with E-state index >= 15 is 0 Å². The first-order chi connectivity index (χ1) is 13.4. The van der Waals surface area contributed by atoms with Crippen LogP contribution < -0.4 is 0 Å². The van der Waals surface area contributed by atoms with Crippen LogP contribution in [0.25, 0.3) is 0 Å². The Morgan fingerprint density at radius 2 is 2.03 bits per heavy atom. The number of carbonyl (C=O) groups excluding carboxylic acids is 3. The first kappa shape index (κ1) is 21.8. The molecule has 0 bridgehead atoms. The molecule has 0 spiro atoms. The van der Waals surface area contributed by atoms with Gasteiger partial charge in [-0.15, -0.1) is 0 Å². The number of ether oxygens (including phenoxy) is 3. The van der Waals surface area contributed by atoms with Crippen LogP contribution in [0, 0.1) is 23.7 Å². The zero-order valence-electron chi connectivity index (χ0n) is 18.1. The predicted molar refractivity (Wildman–Crippen MR) is 103 cm³/mol. The summed E-state index contributed by atoms with van der Waals surface area (Å²) in [7, 11) is 0. The lowest BCUT2D eigenvalue weighted by atomic mass is 9.75. The molecule has 2 aliphatic carbocycles. The molecule has 7 nitrogen and oxygen atoms in total. The van der Waals surface area contributed by atoms with Gasteiger partial charge in [-0.05, 0) is 33.6 Å². The van der Waals surface area contributed by atoms with E-state index in [2.05, 4.69) is 6.08 Å². The van der Waals surface area contributed by atoms with Crippen LogP contribution in [0.5, 0.6) is 0 Å². The average molecular weight is 408 g/mol. The van der Waals surface area contributed by atoms with Gasteiger partial charge in [0.25, 0.3) is 0 Å². The van der Waals surface area contributed by atoms with Gasteiger partial charge in [-0.2, -0.15) is 0 Å². The third-order valence-corrected chi connectivity index (χ3v) is 7.10. The highest BCUT2D eigenvalue weighted by Crippen LogP contribution is 2.54. The number of carbonyl (C=O) groups is 3. The number of aliphatic hydroxyl groups is 1. The zero-order chi connectivity index (χ0) is 21.7. The molecule has 1 aliphatic heterocycles. The Labute approximate surface area is 171 Å². The van der Waals surface area contributed by atoms with E-state index in [9.17, 15) is 19.5 Å². The fraction of sp³-hybridized carbons (Fsp3) is 0.773. The Morgan fingerprint density at radius 3 is 2.62 bits per heavy atom. The lowest BCUT2D eigenvalue weighted by molar-refractivity contribution is -0.181. The molecule has 3 rings (SSSR count). The van der Waals surface area contributed by atoms with Gasteiger partial charge in [0, 0.05) is 25.2 Å². The van der Waals surface area contributed by atoms with Gasteiger partial charge in [-0.25, -0.2) is 4.79 Å². The molecule has 7 heteroatoms. The monoisotopic (exact) mass is 408 g/mol. The van der Waals surface area contributed by atoms with E-state index < -0.39 is 47.2 Å². The van der Waals surface area contributed by atoms with Gasteiger partial charge in [0.05, 0.1) is 17.4 Å². The van der Waals surface area contributed by atoms with Gasteiger partial charge >= 0.3 is 17.9 Å². The summed E-state index contributed by atoms with van der Waals surface area (Å²) in [4.78, 5) is 37.3. The molecule has 0 radical (unpaired) electrons. The summed E-state index contributed by atoms with van der Waals surface area (Å²) in [5.41, 5.74) is -1.68. The zero-order valence-corrected chi connectivity index (χ0v) is 18.1. The van der Waals surface area contributed by atoms with Crippen molar-refractivity contribution in [3.8, 4) is 0 Å². The molecule has 0 aromatic heterocycles. The summed E-state index contributed by atoms with van der Waals surface area (Å²) in [6.07, 6.45) is 2.01. The van der Waals surface area contributed by atoms with Crippen LogP contribution in [0.3, 0.4) is 0 Å². The minimum atomic E-state index is -1.58. The van der Waals surface area contributed by atoms with Crippen LogP contribution in [0.1, 0.15) is 60.8 Å². The van der Waals surface area contributed by atoms with Gasteiger partial charge in [-0.1, -0.05) is 25.5 Å². The van der Waals surface area contributed by atoms with E-state index in [0.29, 0.717) is 12.8 Å². The Morgan fingerprint density at radius 1 is 1.38 bits per heavy atom. The molecule has 8 atom stereocenters. The fourth-order valence-corrected chi connectivity index (χ4v) is 5.31. The van der Waals surface area contributed by atoms with Crippen molar-refractivity contribution < 1.29 is 33.7 Å². The minimum Gasteiger partial charge on any atom is -0.461 e. The molecule has 29 heavy (non-hydrogen) atoms. The van der Waals surface area contributed by atoms with Crippen molar-refractivity contribution >= 4 is 17.9 Å². The molecule has 0 aromatic carbocycles. The van der Waals surface area contributed by atoms with Gasteiger partial charge in [0.2, 0.25) is 5.60 Å². The SMILES string of the molecule is CCC(C)C(=O)OC1CC(C)(O)C2CC=C(C)C2C2OC(=O)C(C)(OC(C)=O)C12. The van der Waals surface area contributed by atoms with Crippen molar-refractivity contribution in [2.45, 2.75) is 84.2 Å². The van der Waals surface area contributed by atoms with Crippen LogP contribution in [0.2, 0.25) is 0 Å². The maximum absolute atomic E-state index is 12.9. The molecule has 8 unspecified atom stereocenters. The highest BCUT2D eigenvalue weighted by atomic mass is 16.6. The van der Waals surface area contributed by atoms with Gasteiger partial charge in [0.1, 0.15) is 12.2 Å². The molecule has 0 aromatic rings. The normalized spacial score (nSPS) is 42.1. The fourth-order valence-electron chi connectivity index (χ4n) is 5.31. The highest BCUT2D eigenvalue weighted by Gasteiger charge is 2.67. The standard InChI is InChI=1S/C22H32O7/c1-7-11(2)19(24)27-15-10-21(5,26)14-9-8-12(3)16(14)18-17(15)22(6,20(25)28-18)29-13(4)23/h8,11,14-18,26H,7,9-10H2,1-6H3. The van der Waals surface area contributed by atoms with Crippen molar-refractivity contribution in [1.82, 2.24) is 0 Å². The number of hydrogen-bond acceptors (Lipinski definition) is 7.